The summed E-state index contributed by atoms with van der Waals surface area (Å²) in [5.41, 5.74) is 2.70. The minimum absolute atomic E-state index is 0.0648. The quantitative estimate of drug-likeness (QED) is 0.514. The molecule has 0 saturated carbocycles. The van der Waals surface area contributed by atoms with Crippen molar-refractivity contribution < 1.29 is 22.4 Å². The molecule has 3 aromatic heterocycles. The van der Waals surface area contributed by atoms with Crippen molar-refractivity contribution >= 4 is 21.6 Å². The molecule has 172 valence electrons. The van der Waals surface area contributed by atoms with Crippen LogP contribution in [0.4, 0.5) is 0 Å². The molecule has 0 unspecified atom stereocenters. The molecule has 3 rings (SSSR count). The third kappa shape index (κ3) is 3.95. The average molecular weight is 461 g/mol. The Balaban J connectivity index is 1.97. The fourth-order valence-corrected chi connectivity index (χ4v) is 5.60. The van der Waals surface area contributed by atoms with E-state index in [2.05, 4.69) is 10.1 Å². The summed E-state index contributed by atoms with van der Waals surface area (Å²) in [6, 6.07) is 2.62. The number of ketones is 2. The topological polar surface area (TPSA) is 118 Å². The first kappa shape index (κ1) is 23.7. The molecule has 0 aromatic carbocycles. The summed E-state index contributed by atoms with van der Waals surface area (Å²) in [6.07, 6.45) is 1.49. The zero-order valence-electron chi connectivity index (χ0n) is 19.3. The number of aromatic amines is 1. The van der Waals surface area contributed by atoms with Crippen molar-refractivity contribution in [2.45, 2.75) is 59.0 Å². The Labute approximate surface area is 187 Å². The largest absolute Gasteiger partial charge is 0.468 e. The highest BCUT2D eigenvalue weighted by Crippen LogP contribution is 2.28. The van der Waals surface area contributed by atoms with E-state index in [1.807, 2.05) is 0 Å². The van der Waals surface area contributed by atoms with E-state index in [1.165, 1.54) is 29.2 Å². The van der Waals surface area contributed by atoms with Crippen molar-refractivity contribution in [2.75, 3.05) is 7.05 Å². The lowest BCUT2D eigenvalue weighted by molar-refractivity contribution is 0.0921. The van der Waals surface area contributed by atoms with Gasteiger partial charge in [-0.2, -0.15) is 9.40 Å². The predicted octanol–water partition coefficient (Wildman–Crippen LogP) is 3.51. The van der Waals surface area contributed by atoms with Crippen molar-refractivity contribution in [2.24, 2.45) is 0 Å². The zero-order chi connectivity index (χ0) is 24.0. The van der Waals surface area contributed by atoms with Crippen LogP contribution in [0.1, 0.15) is 69.1 Å². The molecule has 0 fully saturated rings. The zero-order valence-corrected chi connectivity index (χ0v) is 20.1. The first-order valence-corrected chi connectivity index (χ1v) is 11.6. The highest BCUT2D eigenvalue weighted by molar-refractivity contribution is 7.89. The second-order valence-corrected chi connectivity index (χ2v) is 9.99. The van der Waals surface area contributed by atoms with Gasteiger partial charge in [0.05, 0.1) is 29.9 Å². The van der Waals surface area contributed by atoms with Gasteiger partial charge in [-0.1, -0.05) is 0 Å². The molecular formula is C22H28N4O5S. The van der Waals surface area contributed by atoms with Gasteiger partial charge in [-0.25, -0.2) is 8.42 Å². The molecule has 1 atom stereocenters. The number of sulfonamides is 1. The normalized spacial score (nSPS) is 13.0. The van der Waals surface area contributed by atoms with E-state index in [-0.39, 0.29) is 23.0 Å². The van der Waals surface area contributed by atoms with Gasteiger partial charge >= 0.3 is 0 Å². The molecule has 0 radical (unpaired) electrons. The minimum Gasteiger partial charge on any atom is -0.468 e. The number of nitrogens with zero attached hydrogens (tertiary/aromatic N) is 3. The molecule has 3 aromatic rings. The molecule has 0 amide bonds. The lowest BCUT2D eigenvalue weighted by Gasteiger charge is -2.17. The first-order valence-electron chi connectivity index (χ1n) is 10.2. The van der Waals surface area contributed by atoms with Gasteiger partial charge in [-0.3, -0.25) is 14.3 Å². The van der Waals surface area contributed by atoms with Crippen LogP contribution in [0.15, 0.2) is 27.7 Å². The van der Waals surface area contributed by atoms with Crippen LogP contribution in [-0.4, -0.2) is 46.1 Å². The number of furan rings is 1. The van der Waals surface area contributed by atoms with Crippen LogP contribution in [0.25, 0.3) is 0 Å². The summed E-state index contributed by atoms with van der Waals surface area (Å²) in [7, 11) is -2.41. The van der Waals surface area contributed by atoms with Crippen LogP contribution in [0.5, 0.6) is 0 Å². The molecule has 0 bridgehead atoms. The Morgan fingerprint density at radius 1 is 1.25 bits per heavy atom. The van der Waals surface area contributed by atoms with E-state index in [1.54, 1.807) is 46.8 Å². The maximum absolute atomic E-state index is 13.3. The van der Waals surface area contributed by atoms with Crippen molar-refractivity contribution in [1.29, 1.82) is 0 Å². The van der Waals surface area contributed by atoms with Crippen LogP contribution >= 0.6 is 0 Å². The number of hydrogen-bond acceptors (Lipinski definition) is 6. The Kier molecular flexibility index (Phi) is 6.30. The van der Waals surface area contributed by atoms with Gasteiger partial charge in [0.1, 0.15) is 16.7 Å². The summed E-state index contributed by atoms with van der Waals surface area (Å²) >= 11 is 0. The second kappa shape index (κ2) is 8.51. The van der Waals surface area contributed by atoms with Gasteiger partial charge < -0.3 is 9.40 Å². The predicted molar refractivity (Wildman–Crippen MR) is 118 cm³/mol. The van der Waals surface area contributed by atoms with Crippen LogP contribution in [0, 0.1) is 27.7 Å². The summed E-state index contributed by atoms with van der Waals surface area (Å²) in [4.78, 5) is 28.2. The van der Waals surface area contributed by atoms with E-state index in [9.17, 15) is 18.0 Å². The van der Waals surface area contributed by atoms with Crippen molar-refractivity contribution in [1.82, 2.24) is 19.1 Å². The van der Waals surface area contributed by atoms with Crippen LogP contribution in [0.2, 0.25) is 0 Å². The number of rotatable bonds is 8. The summed E-state index contributed by atoms with van der Waals surface area (Å²) < 4.78 is 34.4. The molecular weight excluding hydrogens is 432 g/mol. The fourth-order valence-electron chi connectivity index (χ4n) is 4.11. The Hall–Kier alpha value is -2.98. The monoisotopic (exact) mass is 460 g/mol. The van der Waals surface area contributed by atoms with Gasteiger partial charge in [0, 0.05) is 18.3 Å². The Bertz CT molecular complexity index is 1280. The third-order valence-corrected chi connectivity index (χ3v) is 7.72. The van der Waals surface area contributed by atoms with Crippen LogP contribution < -0.4 is 0 Å². The standard InChI is InChI=1S/C22H28N4O5S/c1-12-19(17(6)27)13(2)23-20(12)21(28)15(4)26-16(5)22(14(3)24-26)32(29,30)25(7)11-18-9-8-10-31-18/h8-10,15,23H,11H2,1-7H3/t15-/m0/s1. The molecule has 1 N–H and O–H groups in total. The molecule has 0 aliphatic heterocycles. The number of aryl methyl sites for hydroxylation is 2. The van der Waals surface area contributed by atoms with E-state index in [0.29, 0.717) is 39.7 Å². The van der Waals surface area contributed by atoms with Gasteiger partial charge in [-0.05, 0) is 59.2 Å². The number of hydrogen-bond donors (Lipinski definition) is 1. The number of aromatic nitrogens is 3. The molecule has 0 spiro atoms. The van der Waals surface area contributed by atoms with Gasteiger partial charge in [0.15, 0.2) is 5.78 Å². The maximum atomic E-state index is 13.3. The molecule has 0 aliphatic rings. The number of H-pyrrole nitrogens is 1. The van der Waals surface area contributed by atoms with Crippen molar-refractivity contribution in [3.8, 4) is 0 Å². The van der Waals surface area contributed by atoms with Gasteiger partial charge in [0.25, 0.3) is 0 Å². The van der Waals surface area contributed by atoms with Crippen molar-refractivity contribution in [3.05, 3.63) is 58.1 Å². The average Bonchev–Trinajstić information content (AvgIpc) is 3.39. The molecule has 3 heterocycles. The third-order valence-electron chi connectivity index (χ3n) is 5.67. The highest BCUT2D eigenvalue weighted by Gasteiger charge is 2.32. The number of nitrogens with one attached hydrogen (secondary N) is 1. The van der Waals surface area contributed by atoms with Gasteiger partial charge in [0.2, 0.25) is 15.8 Å². The number of carbonyl (C=O) groups excluding carboxylic acids is 2. The molecule has 9 nitrogen and oxygen atoms in total. The van der Waals surface area contributed by atoms with Gasteiger partial charge in [-0.15, -0.1) is 0 Å². The second-order valence-electron chi connectivity index (χ2n) is 8.01. The van der Waals surface area contributed by atoms with E-state index in [4.69, 9.17) is 4.42 Å². The van der Waals surface area contributed by atoms with Crippen LogP contribution in [0.3, 0.4) is 0 Å². The maximum Gasteiger partial charge on any atom is 0.246 e. The molecule has 0 aliphatic carbocycles. The van der Waals surface area contributed by atoms with E-state index >= 15 is 0 Å². The summed E-state index contributed by atoms with van der Waals surface area (Å²) in [5, 5.41) is 4.38. The summed E-state index contributed by atoms with van der Waals surface area (Å²) in [6.45, 7) is 9.89. The molecule has 32 heavy (non-hydrogen) atoms. The fraction of sp³-hybridized carbons (Fsp3) is 0.409. The first-order chi connectivity index (χ1) is 14.9. The smallest absolute Gasteiger partial charge is 0.246 e. The number of carbonyl (C=O) groups is 2. The highest BCUT2D eigenvalue weighted by atomic mass is 32.2. The SMILES string of the molecule is CC(=O)c1c(C)[nH]c(C(=O)[C@H](C)n2nc(C)c(S(=O)(=O)N(C)Cc3ccco3)c2C)c1C. The molecule has 0 saturated heterocycles. The van der Waals surface area contributed by atoms with E-state index in [0.717, 1.165) is 0 Å². The minimum atomic E-state index is -3.88. The molecule has 10 heteroatoms. The van der Waals surface area contributed by atoms with Crippen molar-refractivity contribution in [3.63, 3.8) is 0 Å². The lowest BCUT2D eigenvalue weighted by Crippen LogP contribution is -2.27. The Morgan fingerprint density at radius 2 is 1.91 bits per heavy atom. The van der Waals surface area contributed by atoms with E-state index < -0.39 is 16.1 Å². The lowest BCUT2D eigenvalue weighted by atomic mass is 10.0. The number of Topliss-reactive ketones (excluding diaryl/α,β-unsaturated/α-hetero) is 2. The Morgan fingerprint density at radius 3 is 2.44 bits per heavy atom. The van der Waals surface area contributed by atoms with Crippen LogP contribution in [-0.2, 0) is 16.6 Å². The summed E-state index contributed by atoms with van der Waals surface area (Å²) in [5.74, 6) is 0.111.